The van der Waals surface area contributed by atoms with Crippen molar-refractivity contribution in [1.29, 1.82) is 0 Å². The van der Waals surface area contributed by atoms with E-state index in [-0.39, 0.29) is 48.6 Å². The predicted molar refractivity (Wildman–Crippen MR) is 161 cm³/mol. The first-order valence-electron chi connectivity index (χ1n) is 14.8. The minimum absolute atomic E-state index is 0.0290. The number of rotatable bonds is 3. The number of halogens is 1. The second-order valence-electron chi connectivity index (χ2n) is 11.2. The zero-order valence-corrected chi connectivity index (χ0v) is 24.7. The Morgan fingerprint density at radius 3 is 2.71 bits per heavy atom. The maximum absolute atomic E-state index is 14.6. The van der Waals surface area contributed by atoms with Crippen LogP contribution in [0.4, 0.5) is 10.1 Å². The quantitative estimate of drug-likeness (QED) is 0.463. The van der Waals surface area contributed by atoms with Gasteiger partial charge in [-0.25, -0.2) is 4.39 Å². The highest BCUT2D eigenvalue weighted by Crippen LogP contribution is 2.29. The molecule has 2 N–H and O–H groups in total. The standard InChI is InChI=1S/C33H33FN4O7/c1-43-28-8-7-21-15-29(28)44-19-30(39)35-17-20-12-23(34)16-25(13-20)45-27-9-11-37(18-26(27)36-32(21)41)33(42)22-4-2-5-24(14-22)38-10-3-6-31(38)40/h2,4-5,7-8,12-16,26-27H,3,6,9-11,17-19H2,1H3,(H,35,39)(H,36,41)/t26-,27+/m0/s1. The number of likely N-dealkylation sites (tertiary alicyclic amines) is 1. The van der Waals surface area contributed by atoms with Gasteiger partial charge in [0.25, 0.3) is 17.7 Å². The van der Waals surface area contributed by atoms with Crippen molar-refractivity contribution >= 4 is 29.3 Å². The summed E-state index contributed by atoms with van der Waals surface area (Å²) in [7, 11) is 1.45. The number of hydrogen-bond donors (Lipinski definition) is 2. The molecule has 2 saturated heterocycles. The molecule has 12 heteroatoms. The third kappa shape index (κ3) is 6.69. The van der Waals surface area contributed by atoms with Gasteiger partial charge in [0, 0.05) is 61.9 Å². The number of hydrogen-bond acceptors (Lipinski definition) is 7. The summed E-state index contributed by atoms with van der Waals surface area (Å²) in [5.41, 5.74) is 1.83. The lowest BCUT2D eigenvalue weighted by molar-refractivity contribution is -0.123. The third-order valence-corrected chi connectivity index (χ3v) is 8.12. The van der Waals surface area contributed by atoms with Crippen molar-refractivity contribution in [3.63, 3.8) is 0 Å². The van der Waals surface area contributed by atoms with Crippen molar-refractivity contribution in [3.05, 3.63) is 83.2 Å². The molecule has 3 heterocycles. The molecular weight excluding hydrogens is 583 g/mol. The molecule has 11 nitrogen and oxygen atoms in total. The summed E-state index contributed by atoms with van der Waals surface area (Å²) >= 11 is 0. The Morgan fingerprint density at radius 1 is 1.04 bits per heavy atom. The molecule has 0 saturated carbocycles. The number of fused-ring (bicyclic) bond motifs is 5. The Morgan fingerprint density at radius 2 is 1.91 bits per heavy atom. The molecule has 0 unspecified atom stereocenters. The molecule has 3 aliphatic heterocycles. The van der Waals surface area contributed by atoms with Crippen molar-refractivity contribution in [2.75, 3.05) is 38.3 Å². The zero-order chi connectivity index (χ0) is 31.5. The van der Waals surface area contributed by atoms with Gasteiger partial charge < -0.3 is 34.6 Å². The monoisotopic (exact) mass is 616 g/mol. The molecule has 3 aromatic rings. The molecule has 2 fully saturated rings. The molecule has 3 aromatic carbocycles. The van der Waals surface area contributed by atoms with Crippen LogP contribution in [-0.2, 0) is 16.1 Å². The fourth-order valence-electron chi connectivity index (χ4n) is 5.85. The van der Waals surface area contributed by atoms with Gasteiger partial charge in [-0.3, -0.25) is 19.2 Å². The first kappa shape index (κ1) is 29.9. The van der Waals surface area contributed by atoms with Crippen LogP contribution in [-0.4, -0.2) is 74.0 Å². The number of benzene rings is 3. The normalized spacial score (nSPS) is 20.4. The largest absolute Gasteiger partial charge is 0.493 e. The smallest absolute Gasteiger partial charge is 0.258 e. The van der Waals surface area contributed by atoms with Crippen LogP contribution in [0.25, 0.3) is 0 Å². The molecule has 0 spiro atoms. The van der Waals surface area contributed by atoms with E-state index in [4.69, 9.17) is 14.2 Å². The highest BCUT2D eigenvalue weighted by atomic mass is 19.1. The van der Waals surface area contributed by atoms with Crippen LogP contribution in [0.3, 0.4) is 0 Å². The van der Waals surface area contributed by atoms with Crippen LogP contribution in [0, 0.1) is 5.82 Å². The average Bonchev–Trinajstić information content (AvgIpc) is 3.48. The average molecular weight is 617 g/mol. The van der Waals surface area contributed by atoms with Gasteiger partial charge in [0.1, 0.15) is 17.7 Å². The number of carbonyl (C=O) groups excluding carboxylic acids is 4. The van der Waals surface area contributed by atoms with Gasteiger partial charge in [-0.1, -0.05) is 6.07 Å². The highest BCUT2D eigenvalue weighted by molar-refractivity contribution is 5.99. The molecule has 3 aliphatic rings. The summed E-state index contributed by atoms with van der Waals surface area (Å²) in [6.07, 6.45) is 1.00. The number of nitrogens with zero attached hydrogens (tertiary/aromatic N) is 2. The first-order chi connectivity index (χ1) is 21.8. The van der Waals surface area contributed by atoms with E-state index in [9.17, 15) is 23.6 Å². The molecule has 6 rings (SSSR count). The fraction of sp³-hybridized carbons (Fsp3) is 0.333. The van der Waals surface area contributed by atoms with Crippen LogP contribution in [0.5, 0.6) is 17.2 Å². The summed E-state index contributed by atoms with van der Waals surface area (Å²) in [5.74, 6) is -0.885. The zero-order valence-electron chi connectivity index (χ0n) is 24.7. The maximum Gasteiger partial charge on any atom is 0.258 e. The van der Waals surface area contributed by atoms with Crippen molar-refractivity contribution < 1.29 is 37.8 Å². The third-order valence-electron chi connectivity index (χ3n) is 8.12. The molecule has 234 valence electrons. The SMILES string of the molecule is COc1ccc2cc1OCC(=O)NCc1cc(F)cc(c1)O[C@@H]1CCN(C(=O)c3cccc(N4CCCC4=O)c3)C[C@@H]1NC2=O. The fourth-order valence-corrected chi connectivity index (χ4v) is 5.85. The molecule has 0 aliphatic carbocycles. The van der Waals surface area contributed by atoms with E-state index in [1.54, 1.807) is 46.2 Å². The summed E-state index contributed by atoms with van der Waals surface area (Å²) in [6, 6.07) is 15.1. The lowest BCUT2D eigenvalue weighted by Crippen LogP contribution is -2.58. The molecule has 4 amide bonds. The topological polar surface area (TPSA) is 127 Å². The van der Waals surface area contributed by atoms with E-state index in [0.29, 0.717) is 48.5 Å². The maximum atomic E-state index is 14.6. The summed E-state index contributed by atoms with van der Waals surface area (Å²) < 4.78 is 31.8. The van der Waals surface area contributed by atoms with Gasteiger partial charge in [-0.2, -0.15) is 0 Å². The van der Waals surface area contributed by atoms with Crippen molar-refractivity contribution in [3.8, 4) is 17.2 Å². The minimum atomic E-state index is -0.663. The first-order valence-corrected chi connectivity index (χ1v) is 14.8. The van der Waals surface area contributed by atoms with Gasteiger partial charge in [-0.05, 0) is 60.5 Å². The van der Waals surface area contributed by atoms with E-state index in [0.717, 1.165) is 6.42 Å². The highest BCUT2D eigenvalue weighted by Gasteiger charge is 2.35. The van der Waals surface area contributed by atoms with Gasteiger partial charge in [0.2, 0.25) is 5.91 Å². The van der Waals surface area contributed by atoms with Crippen molar-refractivity contribution in [1.82, 2.24) is 15.5 Å². The second-order valence-corrected chi connectivity index (χ2v) is 11.2. The van der Waals surface area contributed by atoms with Crippen LogP contribution in [0.15, 0.2) is 60.7 Å². The van der Waals surface area contributed by atoms with Gasteiger partial charge in [-0.15, -0.1) is 0 Å². The van der Waals surface area contributed by atoms with E-state index >= 15 is 0 Å². The molecule has 2 atom stereocenters. The van der Waals surface area contributed by atoms with E-state index < -0.39 is 29.8 Å². The molecular formula is C33H33FN4O7. The Bertz CT molecular complexity index is 1650. The number of carbonyl (C=O) groups is 4. The van der Waals surface area contributed by atoms with Gasteiger partial charge in [0.05, 0.1) is 13.2 Å². The van der Waals surface area contributed by atoms with Gasteiger partial charge in [0.15, 0.2) is 18.1 Å². The lowest BCUT2D eigenvalue weighted by atomic mass is 9.99. The number of methoxy groups -OCH3 is 1. The van der Waals surface area contributed by atoms with Crippen LogP contribution < -0.4 is 29.7 Å². The molecule has 0 aromatic heterocycles. The minimum Gasteiger partial charge on any atom is -0.493 e. The lowest BCUT2D eigenvalue weighted by Gasteiger charge is -2.39. The Labute approximate surface area is 259 Å². The molecule has 0 radical (unpaired) electrons. The Kier molecular flexibility index (Phi) is 8.54. The predicted octanol–water partition coefficient (Wildman–Crippen LogP) is 3.06. The Balaban J connectivity index is 1.29. The van der Waals surface area contributed by atoms with Crippen molar-refractivity contribution in [2.24, 2.45) is 0 Å². The van der Waals surface area contributed by atoms with Crippen LogP contribution >= 0.6 is 0 Å². The van der Waals surface area contributed by atoms with E-state index in [2.05, 4.69) is 10.6 Å². The summed E-state index contributed by atoms with van der Waals surface area (Å²) in [5, 5.41) is 5.69. The van der Waals surface area contributed by atoms with E-state index in [1.165, 1.54) is 25.3 Å². The number of piperidine rings is 1. The number of amides is 4. The number of anilines is 1. The van der Waals surface area contributed by atoms with Gasteiger partial charge >= 0.3 is 0 Å². The number of nitrogens with one attached hydrogen (secondary N) is 2. The van der Waals surface area contributed by atoms with Crippen molar-refractivity contribution in [2.45, 2.75) is 38.0 Å². The van der Waals surface area contributed by atoms with E-state index in [1.807, 2.05) is 6.07 Å². The molecule has 45 heavy (non-hydrogen) atoms. The summed E-state index contributed by atoms with van der Waals surface area (Å²) in [6.45, 7) is 0.749. The summed E-state index contributed by atoms with van der Waals surface area (Å²) in [4.78, 5) is 55.3. The van der Waals surface area contributed by atoms with Crippen LogP contribution in [0.2, 0.25) is 0 Å². The Hall–Kier alpha value is -5.13. The second kappa shape index (κ2) is 12.8. The van der Waals surface area contributed by atoms with Crippen LogP contribution in [0.1, 0.15) is 45.5 Å². The number of ether oxygens (including phenoxy) is 3. The molecule has 4 bridgehead atoms.